The lowest BCUT2D eigenvalue weighted by molar-refractivity contribution is 0.310. The summed E-state index contributed by atoms with van der Waals surface area (Å²) in [4.78, 5) is 0. The Bertz CT molecular complexity index is 1190. The summed E-state index contributed by atoms with van der Waals surface area (Å²) >= 11 is 0. The molecule has 4 N–H and O–H groups in total. The number of ether oxygens (including phenoxy) is 4. The molecular weight excluding hydrogens is 532 g/mol. The molecule has 0 radical (unpaired) electrons. The Morgan fingerprint density at radius 3 is 1.29 bits per heavy atom. The van der Waals surface area contributed by atoms with Crippen molar-refractivity contribution < 1.29 is 41.3 Å². The third-order valence-electron chi connectivity index (χ3n) is 4.50. The SMILES string of the molecule is [2H]C.[2H]C.[2H]C(N)(CS(C)(=O)=O)c1ccc(OC)c(OCC)c1.[2H][C@@](N)(CS(C)(=O)=O)c1ccc(OC)c(OCC)c1. The molecule has 0 aliphatic rings. The maximum atomic E-state index is 11.3. The second kappa shape index (κ2) is 17.1. The van der Waals surface area contributed by atoms with E-state index in [1.54, 1.807) is 36.4 Å². The van der Waals surface area contributed by atoms with E-state index < -0.39 is 43.2 Å². The number of nitrogens with two attached hydrogens (primary N) is 2. The fourth-order valence-electron chi connectivity index (χ4n) is 3.02. The molecule has 0 aromatic heterocycles. The molecule has 0 bridgehead atoms. The van der Waals surface area contributed by atoms with E-state index in [2.05, 4.69) is 0 Å². The average Bonchev–Trinajstić information content (AvgIpc) is 2.89. The highest BCUT2D eigenvalue weighted by Crippen LogP contribution is 2.31. The quantitative estimate of drug-likeness (QED) is 0.379. The van der Waals surface area contributed by atoms with Gasteiger partial charge in [0.2, 0.25) is 0 Å². The van der Waals surface area contributed by atoms with Crippen molar-refractivity contribution in [2.75, 3.05) is 51.5 Å². The summed E-state index contributed by atoms with van der Waals surface area (Å²) in [5.74, 6) is 0.994. The van der Waals surface area contributed by atoms with Gasteiger partial charge in [-0.15, -0.1) is 0 Å². The monoisotopic (exact) mass is 582 g/mol. The van der Waals surface area contributed by atoms with Crippen LogP contribution in [0.3, 0.4) is 0 Å². The van der Waals surface area contributed by atoms with Crippen LogP contribution in [0, 0.1) is 0 Å². The van der Waals surface area contributed by atoms with Gasteiger partial charge in [0.15, 0.2) is 23.0 Å². The first-order valence-corrected chi connectivity index (χ1v) is 15.1. The molecule has 0 heterocycles. The molecule has 0 spiro atoms. The van der Waals surface area contributed by atoms with Crippen LogP contribution in [0.4, 0.5) is 0 Å². The van der Waals surface area contributed by atoms with Crippen LogP contribution < -0.4 is 30.4 Å². The number of benzene rings is 2. The lowest BCUT2D eigenvalue weighted by Crippen LogP contribution is -2.20. The summed E-state index contributed by atoms with van der Waals surface area (Å²) in [6.45, 7) is 4.50. The highest BCUT2D eigenvalue weighted by molar-refractivity contribution is 7.90. The van der Waals surface area contributed by atoms with Crippen molar-refractivity contribution >= 4 is 19.7 Å². The molecular formula is C26H46N2O8S2. The minimum absolute atomic E-state index is 0.363. The van der Waals surface area contributed by atoms with E-state index in [4.69, 9.17) is 35.9 Å². The maximum absolute atomic E-state index is 11.3. The summed E-state index contributed by atoms with van der Waals surface area (Å²) in [5.41, 5.74) is 12.3. The molecule has 2 aromatic rings. The van der Waals surface area contributed by atoms with Crippen molar-refractivity contribution in [3.05, 3.63) is 47.5 Å². The highest BCUT2D eigenvalue weighted by Gasteiger charge is 2.16. The summed E-state index contributed by atoms with van der Waals surface area (Å²) in [5, 5.41) is 0. The Morgan fingerprint density at radius 1 is 0.737 bits per heavy atom. The molecule has 220 valence electrons. The Hall–Kier alpha value is -2.54. The predicted molar refractivity (Wildman–Crippen MR) is 155 cm³/mol. The Labute approximate surface area is 235 Å². The summed E-state index contributed by atoms with van der Waals surface area (Å²) in [7, 11) is -1.20. The predicted octanol–water partition coefficient (Wildman–Crippen LogP) is 3.55. The molecule has 2 aromatic carbocycles. The molecule has 38 heavy (non-hydrogen) atoms. The number of hydrogen-bond donors (Lipinski definition) is 2. The van der Waals surface area contributed by atoms with Crippen LogP contribution in [0.2, 0.25) is 0 Å². The van der Waals surface area contributed by atoms with Gasteiger partial charge in [0.05, 0.1) is 41.7 Å². The Morgan fingerprint density at radius 2 is 1.05 bits per heavy atom. The average molecular weight is 583 g/mol. The Kier molecular flexibility index (Phi) is 13.5. The normalized spacial score (nSPS) is 15.2. The van der Waals surface area contributed by atoms with Gasteiger partial charge in [-0.05, 0) is 49.2 Å². The van der Waals surface area contributed by atoms with Crippen LogP contribution in [0.5, 0.6) is 23.0 Å². The zero-order chi connectivity index (χ0) is 33.4. The molecule has 0 aliphatic carbocycles. The molecule has 2 rings (SSSR count). The lowest BCUT2D eigenvalue weighted by atomic mass is 10.1. The van der Waals surface area contributed by atoms with Crippen LogP contribution in [0.1, 0.15) is 57.3 Å². The standard InChI is InChI=1S/2C12H19NO4S.2CH4/c2*1-4-17-12-7-9(5-6-11(12)16-2)10(13)8-18(3,14)15;;/h2*5-7,10H,4,8,13H2,1-3H3;2*1H4/t10-;;;/m1.../s1/i2*10D;2*1D. The van der Waals surface area contributed by atoms with E-state index in [1.807, 2.05) is 13.8 Å². The van der Waals surface area contributed by atoms with Crippen molar-refractivity contribution in [1.82, 2.24) is 0 Å². The minimum Gasteiger partial charge on any atom is -0.493 e. The van der Waals surface area contributed by atoms with Crippen LogP contribution in [0.15, 0.2) is 36.4 Å². The van der Waals surface area contributed by atoms with Crippen molar-refractivity contribution in [3.63, 3.8) is 0 Å². The van der Waals surface area contributed by atoms with E-state index in [0.717, 1.165) is 12.5 Å². The molecule has 0 amide bonds. The third kappa shape index (κ3) is 13.3. The number of methoxy groups -OCH3 is 2. The first kappa shape index (κ1) is 30.0. The van der Waals surface area contributed by atoms with Crippen LogP contribution >= 0.6 is 0 Å². The van der Waals surface area contributed by atoms with E-state index in [1.165, 1.54) is 29.0 Å². The highest BCUT2D eigenvalue weighted by atomic mass is 32.2. The van der Waals surface area contributed by atoms with E-state index in [9.17, 15) is 16.8 Å². The first-order valence-electron chi connectivity index (χ1n) is 13.9. The van der Waals surface area contributed by atoms with Gasteiger partial charge in [-0.1, -0.05) is 26.9 Å². The lowest BCUT2D eigenvalue weighted by Gasteiger charge is -2.15. The van der Waals surface area contributed by atoms with Crippen LogP contribution in [0.25, 0.3) is 0 Å². The molecule has 10 nitrogen and oxygen atoms in total. The number of sulfone groups is 2. The van der Waals surface area contributed by atoms with Crippen molar-refractivity contribution in [2.45, 2.75) is 40.7 Å². The van der Waals surface area contributed by atoms with Gasteiger partial charge in [-0.25, -0.2) is 16.8 Å². The van der Waals surface area contributed by atoms with Crippen molar-refractivity contribution in [1.29, 1.82) is 0 Å². The van der Waals surface area contributed by atoms with Crippen LogP contribution in [-0.4, -0.2) is 68.3 Å². The Balaban J connectivity index is 0. The van der Waals surface area contributed by atoms with Crippen LogP contribution in [-0.2, 0) is 19.7 Å². The van der Waals surface area contributed by atoms with Gasteiger partial charge in [0.1, 0.15) is 19.7 Å². The molecule has 2 atom stereocenters. The molecule has 0 saturated heterocycles. The van der Waals surface area contributed by atoms with Gasteiger partial charge in [-0.2, -0.15) is 0 Å². The smallest absolute Gasteiger partial charge is 0.161 e. The van der Waals surface area contributed by atoms with Gasteiger partial charge < -0.3 is 30.4 Å². The van der Waals surface area contributed by atoms with Gasteiger partial charge in [0.25, 0.3) is 0 Å². The second-order valence-electron chi connectivity index (χ2n) is 7.79. The number of rotatable bonds is 12. The van der Waals surface area contributed by atoms with Gasteiger partial charge >= 0.3 is 0 Å². The zero-order valence-corrected chi connectivity index (χ0v) is 25.2. The third-order valence-corrected chi connectivity index (χ3v) is 6.17. The fourth-order valence-corrected chi connectivity index (χ4v) is 4.48. The first-order chi connectivity index (χ1) is 19.4. The van der Waals surface area contributed by atoms with E-state index in [-0.39, 0.29) is 0 Å². The van der Waals surface area contributed by atoms with Crippen molar-refractivity contribution in [2.24, 2.45) is 11.5 Å². The minimum atomic E-state index is -3.36. The summed E-state index contributed by atoms with van der Waals surface area (Å²) < 4.78 is 93.7. The largest absolute Gasteiger partial charge is 0.493 e. The van der Waals surface area contributed by atoms with E-state index >= 15 is 0 Å². The second-order valence-corrected chi connectivity index (χ2v) is 12.1. The molecule has 1 unspecified atom stereocenters. The fraction of sp³-hybridized carbons (Fsp3) is 0.538. The zero-order valence-electron chi connectivity index (χ0n) is 27.5. The molecule has 0 fully saturated rings. The molecule has 0 saturated carbocycles. The van der Waals surface area contributed by atoms with Gasteiger partial charge in [0, 0.05) is 27.3 Å². The van der Waals surface area contributed by atoms with E-state index in [0.29, 0.717) is 47.3 Å². The van der Waals surface area contributed by atoms with Gasteiger partial charge in [-0.3, -0.25) is 0 Å². The maximum Gasteiger partial charge on any atom is 0.161 e. The summed E-state index contributed by atoms with van der Waals surface area (Å²) in [6, 6.07) is 6.01. The topological polar surface area (TPSA) is 157 Å². The summed E-state index contributed by atoms with van der Waals surface area (Å²) in [6.07, 6.45) is 2.10. The molecule has 0 aliphatic heterocycles. The molecule has 12 heteroatoms. The number of hydrogen-bond acceptors (Lipinski definition) is 10. The van der Waals surface area contributed by atoms with Crippen molar-refractivity contribution in [3.8, 4) is 23.0 Å².